The van der Waals surface area contributed by atoms with E-state index < -0.39 is 11.0 Å². The smallest absolute Gasteiger partial charge is 0.227 e. The lowest BCUT2D eigenvalue weighted by Crippen LogP contribution is -2.28. The van der Waals surface area contributed by atoms with Crippen molar-refractivity contribution in [3.63, 3.8) is 0 Å². The number of nitrogens with zero attached hydrogens (tertiary/aromatic N) is 4. The zero-order chi connectivity index (χ0) is 25.2. The summed E-state index contributed by atoms with van der Waals surface area (Å²) in [4.78, 5) is 8.91. The Hall–Kier alpha value is -4.18. The molecule has 1 aliphatic rings. The molecule has 1 atom stereocenters. The molecule has 0 aliphatic carbocycles. The van der Waals surface area contributed by atoms with Gasteiger partial charge >= 0.3 is 0 Å². The summed E-state index contributed by atoms with van der Waals surface area (Å²) >= 11 is 0. The van der Waals surface area contributed by atoms with Gasteiger partial charge in [0.1, 0.15) is 18.4 Å². The third-order valence-corrected chi connectivity index (χ3v) is 5.80. The Balaban J connectivity index is 1.70. The number of rotatable bonds is 7. The molecule has 0 bridgehead atoms. The monoisotopic (exact) mass is 470 g/mol. The first-order chi connectivity index (χ1) is 16.7. The van der Waals surface area contributed by atoms with E-state index in [2.05, 4.69) is 32.7 Å². The first-order valence-corrected chi connectivity index (χ1v) is 11.1. The van der Waals surface area contributed by atoms with Crippen molar-refractivity contribution in [1.29, 1.82) is 10.5 Å². The van der Waals surface area contributed by atoms with Crippen LogP contribution in [0.3, 0.4) is 0 Å². The number of anilines is 3. The first kappa shape index (κ1) is 24.0. The van der Waals surface area contributed by atoms with Crippen LogP contribution in [0.4, 0.5) is 17.3 Å². The molecule has 0 saturated carbocycles. The van der Waals surface area contributed by atoms with Gasteiger partial charge in [0, 0.05) is 23.7 Å². The molecule has 0 saturated heterocycles. The van der Waals surface area contributed by atoms with Gasteiger partial charge in [-0.15, -0.1) is 0 Å². The standard InChI is InChI=1S/C26H26N6O3/c1-25(2,34)15-35-22-5-4-16(11-27)8-21(22)32-24-29-7-6-20(31-24)17-9-18(12-28)23-19(10-17)26(3,14-33)13-30-23/h4-10,30,33-34H,13-15H2,1-3H3,(H,29,31,32)/t26-/m1/s1. The van der Waals surface area contributed by atoms with Crippen LogP contribution in [0, 0.1) is 22.7 Å². The molecular formula is C26H26N6O3. The molecular weight excluding hydrogens is 444 g/mol. The van der Waals surface area contributed by atoms with E-state index in [0.717, 1.165) is 16.8 Å². The lowest BCUT2D eigenvalue weighted by molar-refractivity contribution is 0.0287. The second-order valence-electron chi connectivity index (χ2n) is 9.44. The van der Waals surface area contributed by atoms with Crippen LogP contribution in [0.2, 0.25) is 0 Å². The van der Waals surface area contributed by atoms with Crippen LogP contribution in [-0.2, 0) is 5.41 Å². The predicted octanol–water partition coefficient (Wildman–Crippen LogP) is 3.46. The van der Waals surface area contributed by atoms with E-state index >= 15 is 0 Å². The quantitative estimate of drug-likeness (QED) is 0.407. The van der Waals surface area contributed by atoms with Crippen LogP contribution in [0.1, 0.15) is 37.5 Å². The maximum atomic E-state index is 10.0. The van der Waals surface area contributed by atoms with Crippen LogP contribution in [0.15, 0.2) is 42.6 Å². The van der Waals surface area contributed by atoms with E-state index in [9.17, 15) is 20.7 Å². The zero-order valence-corrected chi connectivity index (χ0v) is 19.8. The van der Waals surface area contributed by atoms with Crippen LogP contribution in [0.5, 0.6) is 5.75 Å². The minimum atomic E-state index is -1.04. The Labute approximate surface area is 203 Å². The molecule has 0 fully saturated rings. The van der Waals surface area contributed by atoms with E-state index in [-0.39, 0.29) is 19.2 Å². The molecule has 35 heavy (non-hydrogen) atoms. The van der Waals surface area contributed by atoms with Crippen molar-refractivity contribution >= 4 is 17.3 Å². The Morgan fingerprint density at radius 1 is 1.20 bits per heavy atom. The molecule has 3 aromatic rings. The summed E-state index contributed by atoms with van der Waals surface area (Å²) in [6.07, 6.45) is 1.60. The average molecular weight is 471 g/mol. The fourth-order valence-corrected chi connectivity index (χ4v) is 3.84. The average Bonchev–Trinajstić information content (AvgIpc) is 3.19. The Morgan fingerprint density at radius 3 is 2.69 bits per heavy atom. The maximum absolute atomic E-state index is 10.0. The molecule has 1 aliphatic heterocycles. The zero-order valence-electron chi connectivity index (χ0n) is 19.8. The highest BCUT2D eigenvalue weighted by molar-refractivity contribution is 5.76. The van der Waals surface area contributed by atoms with Crippen molar-refractivity contribution in [3.8, 4) is 29.1 Å². The van der Waals surface area contributed by atoms with Crippen LogP contribution < -0.4 is 15.4 Å². The maximum Gasteiger partial charge on any atom is 0.227 e. The summed E-state index contributed by atoms with van der Waals surface area (Å²) in [5.41, 5.74) is 2.76. The predicted molar refractivity (Wildman–Crippen MR) is 131 cm³/mol. The van der Waals surface area contributed by atoms with Crippen LogP contribution in [-0.4, -0.2) is 45.5 Å². The van der Waals surface area contributed by atoms with Gasteiger partial charge in [0.05, 0.1) is 46.5 Å². The molecule has 0 amide bonds. The summed E-state index contributed by atoms with van der Waals surface area (Å²) in [7, 11) is 0. The minimum absolute atomic E-state index is 0.0538. The summed E-state index contributed by atoms with van der Waals surface area (Å²) in [6, 6.07) is 14.7. The fraction of sp³-hybridized carbons (Fsp3) is 0.308. The van der Waals surface area contributed by atoms with Gasteiger partial charge in [-0.05, 0) is 55.8 Å². The number of aromatic nitrogens is 2. The molecule has 2 aromatic carbocycles. The molecule has 9 nitrogen and oxygen atoms in total. The third kappa shape index (κ3) is 5.02. The fourth-order valence-electron chi connectivity index (χ4n) is 3.84. The highest BCUT2D eigenvalue weighted by Gasteiger charge is 2.36. The molecule has 2 heterocycles. The van der Waals surface area contributed by atoms with Crippen molar-refractivity contribution in [2.24, 2.45) is 0 Å². The van der Waals surface area contributed by atoms with Gasteiger partial charge < -0.3 is 25.6 Å². The number of aliphatic hydroxyl groups excluding tert-OH is 1. The summed E-state index contributed by atoms with van der Waals surface area (Å²) in [6.45, 7) is 5.76. The van der Waals surface area contributed by atoms with E-state index in [0.29, 0.717) is 34.8 Å². The van der Waals surface area contributed by atoms with Gasteiger partial charge in [-0.2, -0.15) is 10.5 Å². The van der Waals surface area contributed by atoms with Crippen molar-refractivity contribution < 1.29 is 14.9 Å². The van der Waals surface area contributed by atoms with E-state index in [1.54, 1.807) is 50.4 Å². The second-order valence-corrected chi connectivity index (χ2v) is 9.44. The molecule has 1 aromatic heterocycles. The van der Waals surface area contributed by atoms with Gasteiger partial charge in [0.15, 0.2) is 0 Å². The number of hydrogen-bond donors (Lipinski definition) is 4. The molecule has 9 heteroatoms. The highest BCUT2D eigenvalue weighted by Crippen LogP contribution is 2.41. The molecule has 0 spiro atoms. The summed E-state index contributed by atoms with van der Waals surface area (Å²) in [5, 5.41) is 45.3. The number of benzene rings is 2. The van der Waals surface area contributed by atoms with Gasteiger partial charge in [-0.3, -0.25) is 0 Å². The first-order valence-electron chi connectivity index (χ1n) is 11.1. The lowest BCUT2D eigenvalue weighted by Gasteiger charge is -2.21. The van der Waals surface area contributed by atoms with Gasteiger partial charge in [-0.1, -0.05) is 6.92 Å². The molecule has 178 valence electrons. The molecule has 0 radical (unpaired) electrons. The van der Waals surface area contributed by atoms with E-state index in [1.165, 1.54) is 0 Å². The van der Waals surface area contributed by atoms with Crippen LogP contribution >= 0.6 is 0 Å². The van der Waals surface area contributed by atoms with Crippen molar-refractivity contribution in [1.82, 2.24) is 9.97 Å². The Kier molecular flexibility index (Phi) is 6.31. The van der Waals surface area contributed by atoms with E-state index in [4.69, 9.17) is 4.74 Å². The van der Waals surface area contributed by atoms with Gasteiger partial charge in [-0.25, -0.2) is 9.97 Å². The van der Waals surface area contributed by atoms with E-state index in [1.807, 2.05) is 13.0 Å². The Morgan fingerprint density at radius 2 is 2.00 bits per heavy atom. The SMILES string of the molecule is CC(C)(O)COc1ccc(C#N)cc1Nc1nccc(-c2cc(C#N)c3c(c2)[C@@](C)(CO)CN3)n1. The number of ether oxygens (including phenoxy) is 1. The van der Waals surface area contributed by atoms with Crippen molar-refractivity contribution in [2.45, 2.75) is 31.8 Å². The second kappa shape index (κ2) is 9.22. The third-order valence-electron chi connectivity index (χ3n) is 5.80. The van der Waals surface area contributed by atoms with Gasteiger partial charge in [0.25, 0.3) is 0 Å². The van der Waals surface area contributed by atoms with Crippen molar-refractivity contribution in [2.75, 3.05) is 30.4 Å². The number of nitriles is 2. The highest BCUT2D eigenvalue weighted by atomic mass is 16.5. The number of hydrogen-bond acceptors (Lipinski definition) is 9. The Bertz CT molecular complexity index is 1350. The normalized spacial score (nSPS) is 16.5. The molecule has 0 unspecified atom stereocenters. The topological polar surface area (TPSA) is 147 Å². The molecule has 4 N–H and O–H groups in total. The summed E-state index contributed by atoms with van der Waals surface area (Å²) < 4.78 is 5.76. The number of aliphatic hydroxyl groups is 2. The lowest BCUT2D eigenvalue weighted by atomic mass is 9.83. The number of fused-ring (bicyclic) bond motifs is 1. The largest absolute Gasteiger partial charge is 0.488 e. The minimum Gasteiger partial charge on any atom is -0.488 e. The molecule has 4 rings (SSSR count). The summed E-state index contributed by atoms with van der Waals surface area (Å²) in [5.74, 6) is 0.710. The van der Waals surface area contributed by atoms with Gasteiger partial charge in [0.2, 0.25) is 5.95 Å². The number of nitrogens with one attached hydrogen (secondary N) is 2. The van der Waals surface area contributed by atoms with Crippen molar-refractivity contribution in [3.05, 3.63) is 59.3 Å². The van der Waals surface area contributed by atoms with Crippen LogP contribution in [0.25, 0.3) is 11.3 Å².